The van der Waals surface area contributed by atoms with Crippen LogP contribution in [0.4, 0.5) is 5.69 Å². The zero-order chi connectivity index (χ0) is 16.6. The maximum atomic E-state index is 12.8. The number of anilines is 1. The number of hydrogen-bond acceptors (Lipinski definition) is 4. The molecule has 0 spiro atoms. The molecule has 1 amide bonds. The van der Waals surface area contributed by atoms with Gasteiger partial charge in [0, 0.05) is 6.54 Å². The summed E-state index contributed by atoms with van der Waals surface area (Å²) in [5, 5.41) is 0. The lowest BCUT2D eigenvalue weighted by Gasteiger charge is -2.37. The number of benzene rings is 1. The highest BCUT2D eigenvalue weighted by Gasteiger charge is 2.31. The number of H-pyrrole nitrogens is 2. The van der Waals surface area contributed by atoms with Crippen molar-refractivity contribution in [3.05, 3.63) is 61.9 Å². The summed E-state index contributed by atoms with van der Waals surface area (Å²) in [6.45, 7) is 2.51. The van der Waals surface area contributed by atoms with E-state index in [2.05, 4.69) is 11.1 Å². The number of amides is 1. The van der Waals surface area contributed by atoms with Crippen LogP contribution in [-0.4, -0.2) is 27.3 Å². The number of nitrogens with two attached hydrogens (primary N) is 1. The van der Waals surface area contributed by atoms with Gasteiger partial charge in [-0.2, -0.15) is 0 Å². The van der Waals surface area contributed by atoms with E-state index in [0.29, 0.717) is 6.54 Å². The molecular weight excluding hydrogens is 296 g/mol. The average molecular weight is 314 g/mol. The Hall–Kier alpha value is -2.83. The number of aromatic nitrogens is 2. The Labute approximate surface area is 132 Å². The molecule has 4 N–H and O–H groups in total. The highest BCUT2D eigenvalue weighted by molar-refractivity contribution is 5.97. The molecule has 1 unspecified atom stereocenters. The van der Waals surface area contributed by atoms with Gasteiger partial charge in [-0.05, 0) is 24.0 Å². The molecular formula is C16H18N4O3. The Morgan fingerprint density at radius 3 is 2.78 bits per heavy atom. The lowest BCUT2D eigenvalue weighted by Crippen LogP contribution is -2.42. The summed E-state index contributed by atoms with van der Waals surface area (Å²) in [6.07, 6.45) is 1.46. The van der Waals surface area contributed by atoms with Crippen molar-refractivity contribution in [1.29, 1.82) is 0 Å². The van der Waals surface area contributed by atoms with Crippen molar-refractivity contribution in [2.75, 3.05) is 12.3 Å². The molecule has 0 saturated heterocycles. The lowest BCUT2D eigenvalue weighted by molar-refractivity contribution is 0.0650. The molecule has 0 bridgehead atoms. The number of nitrogens with zero attached hydrogens (tertiary/aromatic N) is 1. The van der Waals surface area contributed by atoms with E-state index in [-0.39, 0.29) is 17.4 Å². The normalized spacial score (nSPS) is 16.9. The molecule has 1 aromatic heterocycles. The van der Waals surface area contributed by atoms with Gasteiger partial charge in [0.05, 0.1) is 6.04 Å². The molecule has 1 aromatic carbocycles. The standard InChI is InChI=1S/C16H18N4O3/c1-2-11-10-6-4-3-5-9(10)7-8-20(11)15(22)13-12(17)14(21)19-16(23)18-13/h3-6,11H,2,7-8,17H2,1H3,(H2,18,19,21,23). The molecule has 2 aromatic rings. The van der Waals surface area contributed by atoms with Gasteiger partial charge in [-0.1, -0.05) is 31.2 Å². The number of carbonyl (C=O) groups is 1. The second-order valence-corrected chi connectivity index (χ2v) is 5.57. The first-order valence-electron chi connectivity index (χ1n) is 7.53. The fourth-order valence-electron chi connectivity index (χ4n) is 3.14. The average Bonchev–Trinajstić information content (AvgIpc) is 2.56. The summed E-state index contributed by atoms with van der Waals surface area (Å²) in [7, 11) is 0. The second-order valence-electron chi connectivity index (χ2n) is 5.57. The van der Waals surface area contributed by atoms with E-state index < -0.39 is 17.2 Å². The van der Waals surface area contributed by atoms with E-state index in [1.807, 2.05) is 30.1 Å². The molecule has 1 aliphatic heterocycles. The molecule has 1 atom stereocenters. The Morgan fingerprint density at radius 1 is 1.30 bits per heavy atom. The van der Waals surface area contributed by atoms with Crippen LogP contribution in [0.5, 0.6) is 0 Å². The van der Waals surface area contributed by atoms with Gasteiger partial charge in [0.1, 0.15) is 11.4 Å². The van der Waals surface area contributed by atoms with Crippen LogP contribution in [0, 0.1) is 0 Å². The lowest BCUT2D eigenvalue weighted by atomic mass is 9.91. The summed E-state index contributed by atoms with van der Waals surface area (Å²) in [5.41, 5.74) is 6.11. The maximum absolute atomic E-state index is 12.8. The quantitative estimate of drug-likeness (QED) is 0.761. The van der Waals surface area contributed by atoms with Gasteiger partial charge in [0.25, 0.3) is 11.5 Å². The molecule has 7 heteroatoms. The van der Waals surface area contributed by atoms with Gasteiger partial charge in [-0.15, -0.1) is 0 Å². The van der Waals surface area contributed by atoms with Crippen molar-refractivity contribution < 1.29 is 4.79 Å². The summed E-state index contributed by atoms with van der Waals surface area (Å²) in [5.74, 6) is -0.424. The van der Waals surface area contributed by atoms with Crippen molar-refractivity contribution in [3.8, 4) is 0 Å². The predicted octanol–water partition coefficient (Wildman–Crippen LogP) is 0.795. The third kappa shape index (κ3) is 2.54. The molecule has 0 radical (unpaired) electrons. The Kier molecular flexibility index (Phi) is 3.77. The molecule has 23 heavy (non-hydrogen) atoms. The van der Waals surface area contributed by atoms with Crippen molar-refractivity contribution in [3.63, 3.8) is 0 Å². The molecule has 2 heterocycles. The van der Waals surface area contributed by atoms with Crippen molar-refractivity contribution in [2.24, 2.45) is 0 Å². The number of nitrogen functional groups attached to an aromatic ring is 1. The van der Waals surface area contributed by atoms with Crippen LogP contribution in [0.1, 0.15) is 41.0 Å². The largest absolute Gasteiger partial charge is 0.392 e. The zero-order valence-corrected chi connectivity index (χ0v) is 12.8. The Balaban J connectivity index is 2.04. The number of aromatic amines is 2. The van der Waals surface area contributed by atoms with Crippen LogP contribution in [0.2, 0.25) is 0 Å². The number of rotatable bonds is 2. The molecule has 7 nitrogen and oxygen atoms in total. The smallest absolute Gasteiger partial charge is 0.326 e. The van der Waals surface area contributed by atoms with E-state index in [4.69, 9.17) is 5.73 Å². The van der Waals surface area contributed by atoms with Crippen molar-refractivity contribution in [1.82, 2.24) is 14.9 Å². The van der Waals surface area contributed by atoms with Gasteiger partial charge >= 0.3 is 5.69 Å². The van der Waals surface area contributed by atoms with Crippen LogP contribution >= 0.6 is 0 Å². The number of carbonyl (C=O) groups excluding carboxylic acids is 1. The van der Waals surface area contributed by atoms with Crippen LogP contribution in [-0.2, 0) is 6.42 Å². The summed E-state index contributed by atoms with van der Waals surface area (Å²) < 4.78 is 0. The van der Waals surface area contributed by atoms with Gasteiger partial charge in [-0.25, -0.2) is 4.79 Å². The van der Waals surface area contributed by atoms with Gasteiger partial charge < -0.3 is 15.6 Å². The molecule has 3 rings (SSSR count). The van der Waals surface area contributed by atoms with Crippen LogP contribution in [0.25, 0.3) is 0 Å². The highest BCUT2D eigenvalue weighted by Crippen LogP contribution is 2.33. The minimum atomic E-state index is -0.748. The summed E-state index contributed by atoms with van der Waals surface area (Å²) in [6, 6.07) is 7.89. The van der Waals surface area contributed by atoms with E-state index >= 15 is 0 Å². The van der Waals surface area contributed by atoms with Crippen LogP contribution in [0.15, 0.2) is 33.9 Å². The highest BCUT2D eigenvalue weighted by atomic mass is 16.2. The van der Waals surface area contributed by atoms with E-state index in [1.165, 1.54) is 5.56 Å². The van der Waals surface area contributed by atoms with E-state index in [1.54, 1.807) is 4.90 Å². The molecule has 120 valence electrons. The first-order valence-corrected chi connectivity index (χ1v) is 7.53. The molecule has 1 aliphatic rings. The van der Waals surface area contributed by atoms with E-state index in [0.717, 1.165) is 18.4 Å². The molecule has 0 aliphatic carbocycles. The minimum Gasteiger partial charge on any atom is -0.392 e. The number of fused-ring (bicyclic) bond motifs is 1. The third-order valence-electron chi connectivity index (χ3n) is 4.25. The summed E-state index contributed by atoms with van der Waals surface area (Å²) >= 11 is 0. The fourth-order valence-corrected chi connectivity index (χ4v) is 3.14. The van der Waals surface area contributed by atoms with Gasteiger partial charge in [0.15, 0.2) is 0 Å². The van der Waals surface area contributed by atoms with Crippen LogP contribution < -0.4 is 17.0 Å². The topological polar surface area (TPSA) is 112 Å². The predicted molar refractivity (Wildman–Crippen MR) is 86.3 cm³/mol. The summed E-state index contributed by atoms with van der Waals surface area (Å²) in [4.78, 5) is 42.0. The Morgan fingerprint density at radius 2 is 2.04 bits per heavy atom. The van der Waals surface area contributed by atoms with Crippen molar-refractivity contribution in [2.45, 2.75) is 25.8 Å². The van der Waals surface area contributed by atoms with E-state index in [9.17, 15) is 14.4 Å². The number of hydrogen-bond donors (Lipinski definition) is 3. The van der Waals surface area contributed by atoms with Crippen LogP contribution in [0.3, 0.4) is 0 Å². The monoisotopic (exact) mass is 314 g/mol. The Bertz CT molecular complexity index is 868. The first-order chi connectivity index (χ1) is 11.0. The van der Waals surface area contributed by atoms with Gasteiger partial charge in [-0.3, -0.25) is 14.6 Å². The minimum absolute atomic E-state index is 0.102. The fraction of sp³-hybridized carbons (Fsp3) is 0.312. The van der Waals surface area contributed by atoms with Gasteiger partial charge in [0.2, 0.25) is 0 Å². The molecule has 0 saturated carbocycles. The number of nitrogens with one attached hydrogen (secondary N) is 2. The third-order valence-corrected chi connectivity index (χ3v) is 4.25. The molecule has 0 fully saturated rings. The first kappa shape index (κ1) is 15.1. The van der Waals surface area contributed by atoms with Crippen molar-refractivity contribution >= 4 is 11.6 Å². The zero-order valence-electron chi connectivity index (χ0n) is 12.8. The SMILES string of the molecule is CCC1c2ccccc2CCN1C(=O)c1[nH]c(=O)[nH]c(=O)c1N. The maximum Gasteiger partial charge on any atom is 0.326 e. The second kappa shape index (κ2) is 5.75.